The highest BCUT2D eigenvalue weighted by Crippen LogP contribution is 2.36. The summed E-state index contributed by atoms with van der Waals surface area (Å²) < 4.78 is 15.7. The number of ether oxygens (including phenoxy) is 3. The first-order chi connectivity index (χ1) is 16.0. The average molecular weight is 467 g/mol. The van der Waals surface area contributed by atoms with Crippen molar-refractivity contribution in [3.63, 3.8) is 0 Å². The molecule has 0 unspecified atom stereocenters. The van der Waals surface area contributed by atoms with Crippen LogP contribution < -0.4 is 20.1 Å². The molecule has 3 aromatic rings. The number of nitrogens with one attached hydrogen (secondary N) is 2. The molecule has 0 saturated carbocycles. The Labute approximate surface area is 194 Å². The molecular formula is C24H22N2O6S. The standard InChI is InChI=1S/C24H22N2O6S/c1-3-30-24(29)20-14(2)19(22(28)25-12-15-7-5-4-6-8-15)23(33-20)26-21(27)16-9-10-17-18(11-16)32-13-31-17/h4-11H,3,12-13H2,1-2H3,(H,25,28)(H,26,27). The van der Waals surface area contributed by atoms with Crippen LogP contribution in [0.2, 0.25) is 0 Å². The molecular weight excluding hydrogens is 444 g/mol. The van der Waals surface area contributed by atoms with Gasteiger partial charge in [0.1, 0.15) is 9.88 Å². The van der Waals surface area contributed by atoms with E-state index in [1.807, 2.05) is 30.3 Å². The van der Waals surface area contributed by atoms with Crippen molar-refractivity contribution in [2.24, 2.45) is 0 Å². The smallest absolute Gasteiger partial charge is 0.348 e. The molecule has 0 radical (unpaired) electrons. The quantitative estimate of drug-likeness (QED) is 0.507. The molecule has 170 valence electrons. The van der Waals surface area contributed by atoms with Crippen LogP contribution in [0.25, 0.3) is 0 Å². The van der Waals surface area contributed by atoms with E-state index in [2.05, 4.69) is 10.6 Å². The SMILES string of the molecule is CCOC(=O)c1sc(NC(=O)c2ccc3c(c2)OCO3)c(C(=O)NCc2ccccc2)c1C. The lowest BCUT2D eigenvalue weighted by molar-refractivity contribution is 0.0531. The van der Waals surface area contributed by atoms with Crippen molar-refractivity contribution >= 4 is 34.1 Å². The molecule has 2 N–H and O–H groups in total. The van der Waals surface area contributed by atoms with Crippen LogP contribution in [0.1, 0.15) is 48.4 Å². The summed E-state index contributed by atoms with van der Waals surface area (Å²) in [5.74, 6) is -0.353. The fourth-order valence-electron chi connectivity index (χ4n) is 3.35. The number of anilines is 1. The minimum atomic E-state index is -0.541. The number of hydrogen-bond donors (Lipinski definition) is 2. The molecule has 2 heterocycles. The topological polar surface area (TPSA) is 103 Å². The van der Waals surface area contributed by atoms with Gasteiger partial charge >= 0.3 is 5.97 Å². The van der Waals surface area contributed by atoms with Gasteiger partial charge in [0.25, 0.3) is 11.8 Å². The van der Waals surface area contributed by atoms with Gasteiger partial charge in [0.15, 0.2) is 11.5 Å². The molecule has 33 heavy (non-hydrogen) atoms. The minimum Gasteiger partial charge on any atom is -0.462 e. The molecule has 8 nitrogen and oxygen atoms in total. The van der Waals surface area contributed by atoms with Crippen LogP contribution in [0.4, 0.5) is 5.00 Å². The second-order valence-corrected chi connectivity index (χ2v) is 8.19. The summed E-state index contributed by atoms with van der Waals surface area (Å²) in [5.41, 5.74) is 1.94. The van der Waals surface area contributed by atoms with Crippen molar-refractivity contribution in [2.75, 3.05) is 18.7 Å². The van der Waals surface area contributed by atoms with E-state index in [0.29, 0.717) is 29.2 Å². The van der Waals surface area contributed by atoms with Crippen molar-refractivity contribution < 1.29 is 28.6 Å². The highest BCUT2D eigenvalue weighted by atomic mass is 32.1. The molecule has 4 rings (SSSR count). The van der Waals surface area contributed by atoms with Gasteiger partial charge in [-0.05, 0) is 43.2 Å². The highest BCUT2D eigenvalue weighted by Gasteiger charge is 2.27. The first kappa shape index (κ1) is 22.3. The maximum atomic E-state index is 13.1. The van der Waals surface area contributed by atoms with Crippen LogP contribution in [-0.4, -0.2) is 31.2 Å². The molecule has 0 spiro atoms. The molecule has 0 fully saturated rings. The van der Waals surface area contributed by atoms with Crippen molar-refractivity contribution in [1.82, 2.24) is 5.32 Å². The van der Waals surface area contributed by atoms with Crippen LogP contribution in [0.15, 0.2) is 48.5 Å². The van der Waals surface area contributed by atoms with Gasteiger partial charge in [0, 0.05) is 12.1 Å². The van der Waals surface area contributed by atoms with Crippen LogP contribution in [0.5, 0.6) is 11.5 Å². The number of hydrogen-bond acceptors (Lipinski definition) is 7. The number of thiophene rings is 1. The largest absolute Gasteiger partial charge is 0.462 e. The summed E-state index contributed by atoms with van der Waals surface area (Å²) in [6.07, 6.45) is 0. The molecule has 1 aliphatic rings. The van der Waals surface area contributed by atoms with E-state index in [-0.39, 0.29) is 28.8 Å². The first-order valence-electron chi connectivity index (χ1n) is 10.3. The van der Waals surface area contributed by atoms with Crippen LogP contribution >= 0.6 is 11.3 Å². The summed E-state index contributed by atoms with van der Waals surface area (Å²) >= 11 is 1.01. The second kappa shape index (κ2) is 9.74. The fourth-order valence-corrected chi connectivity index (χ4v) is 4.44. The van der Waals surface area contributed by atoms with Crippen LogP contribution in [0.3, 0.4) is 0 Å². The van der Waals surface area contributed by atoms with E-state index in [1.54, 1.807) is 32.0 Å². The Hall–Kier alpha value is -3.85. The van der Waals surface area contributed by atoms with Crippen molar-refractivity contribution in [1.29, 1.82) is 0 Å². The Bertz CT molecular complexity index is 1210. The Balaban J connectivity index is 1.61. The zero-order valence-electron chi connectivity index (χ0n) is 18.1. The van der Waals surface area contributed by atoms with Gasteiger partial charge < -0.3 is 24.8 Å². The third-order valence-electron chi connectivity index (χ3n) is 4.99. The van der Waals surface area contributed by atoms with E-state index in [0.717, 1.165) is 16.9 Å². The van der Waals surface area contributed by atoms with Gasteiger partial charge in [-0.3, -0.25) is 9.59 Å². The number of carbonyl (C=O) groups is 3. The zero-order chi connectivity index (χ0) is 23.4. The van der Waals surface area contributed by atoms with Gasteiger partial charge in [-0.25, -0.2) is 4.79 Å². The Kier molecular flexibility index (Phi) is 6.60. The Morgan fingerprint density at radius 2 is 1.79 bits per heavy atom. The van der Waals surface area contributed by atoms with Crippen LogP contribution in [-0.2, 0) is 11.3 Å². The monoisotopic (exact) mass is 466 g/mol. The van der Waals surface area contributed by atoms with E-state index in [9.17, 15) is 14.4 Å². The third-order valence-corrected chi connectivity index (χ3v) is 6.18. The van der Waals surface area contributed by atoms with E-state index in [1.165, 1.54) is 0 Å². The van der Waals surface area contributed by atoms with Gasteiger partial charge in [-0.15, -0.1) is 11.3 Å². The number of esters is 1. The summed E-state index contributed by atoms with van der Waals surface area (Å²) in [4.78, 5) is 38.7. The van der Waals surface area contributed by atoms with Crippen molar-refractivity contribution in [2.45, 2.75) is 20.4 Å². The summed E-state index contributed by atoms with van der Waals surface area (Å²) in [5, 5.41) is 5.89. The summed E-state index contributed by atoms with van der Waals surface area (Å²) in [6, 6.07) is 14.3. The average Bonchev–Trinajstić information content (AvgIpc) is 3.42. The summed E-state index contributed by atoms with van der Waals surface area (Å²) in [6.45, 7) is 3.97. The van der Waals surface area contributed by atoms with Crippen molar-refractivity contribution in [3.05, 3.63) is 75.7 Å². The van der Waals surface area contributed by atoms with E-state index in [4.69, 9.17) is 14.2 Å². The number of fused-ring (bicyclic) bond motifs is 1. The Morgan fingerprint density at radius 1 is 1.03 bits per heavy atom. The Morgan fingerprint density at radius 3 is 2.55 bits per heavy atom. The molecule has 9 heteroatoms. The zero-order valence-corrected chi connectivity index (χ0v) is 18.9. The fraction of sp³-hybridized carbons (Fsp3) is 0.208. The predicted octanol–water partition coefficient (Wildman–Crippen LogP) is 4.14. The predicted molar refractivity (Wildman–Crippen MR) is 123 cm³/mol. The normalized spacial score (nSPS) is 11.7. The molecule has 1 aromatic heterocycles. The number of benzene rings is 2. The van der Waals surface area contributed by atoms with Crippen LogP contribution in [0, 0.1) is 6.92 Å². The number of rotatable bonds is 7. The summed E-state index contributed by atoms with van der Waals surface area (Å²) in [7, 11) is 0. The molecule has 0 aliphatic carbocycles. The van der Waals surface area contributed by atoms with E-state index < -0.39 is 17.8 Å². The van der Waals surface area contributed by atoms with Gasteiger partial charge in [-0.2, -0.15) is 0 Å². The lowest BCUT2D eigenvalue weighted by atomic mass is 10.1. The minimum absolute atomic E-state index is 0.0964. The lowest BCUT2D eigenvalue weighted by Crippen LogP contribution is -2.25. The molecule has 0 saturated heterocycles. The maximum absolute atomic E-state index is 13.1. The maximum Gasteiger partial charge on any atom is 0.348 e. The molecule has 2 amide bonds. The third kappa shape index (κ3) is 4.83. The highest BCUT2D eigenvalue weighted by molar-refractivity contribution is 7.18. The molecule has 0 bridgehead atoms. The van der Waals surface area contributed by atoms with E-state index >= 15 is 0 Å². The van der Waals surface area contributed by atoms with Gasteiger partial charge in [0.2, 0.25) is 6.79 Å². The molecule has 2 aromatic carbocycles. The lowest BCUT2D eigenvalue weighted by Gasteiger charge is -2.09. The first-order valence-corrected chi connectivity index (χ1v) is 11.1. The molecule has 1 aliphatic heterocycles. The van der Waals surface area contributed by atoms with Gasteiger partial charge in [0.05, 0.1) is 12.2 Å². The number of amides is 2. The van der Waals surface area contributed by atoms with Crippen molar-refractivity contribution in [3.8, 4) is 11.5 Å². The second-order valence-electron chi connectivity index (χ2n) is 7.17. The number of carbonyl (C=O) groups excluding carboxylic acids is 3. The molecule has 0 atom stereocenters. The van der Waals surface area contributed by atoms with Gasteiger partial charge in [-0.1, -0.05) is 30.3 Å².